The van der Waals surface area contributed by atoms with Crippen LogP contribution >= 0.6 is 0 Å². The summed E-state index contributed by atoms with van der Waals surface area (Å²) >= 11 is 0. The number of halogens is 37. The fourth-order valence-corrected chi connectivity index (χ4v) is 6.81. The van der Waals surface area contributed by atoms with Crippen LogP contribution in [0.15, 0.2) is 0 Å². The van der Waals surface area contributed by atoms with Crippen molar-refractivity contribution < 1.29 is 167 Å². The summed E-state index contributed by atoms with van der Waals surface area (Å²) in [5.74, 6) is -158. The lowest BCUT2D eigenvalue weighted by atomic mass is 9.82. The molecular formula is C22H9F37OSi. The predicted molar refractivity (Wildman–Crippen MR) is 117 cm³/mol. The Hall–Kier alpha value is -2.41. The molecule has 1 unspecified atom stereocenters. The molecule has 0 radical (unpaired) electrons. The third-order valence-electron chi connectivity index (χ3n) is 8.27. The summed E-state index contributed by atoms with van der Waals surface area (Å²) < 4.78 is 512. The first-order valence-corrected chi connectivity index (χ1v) is 15.8. The molecule has 1 aliphatic heterocycles. The van der Waals surface area contributed by atoms with Crippen LogP contribution in [0.25, 0.3) is 0 Å². The van der Waals surface area contributed by atoms with Crippen molar-refractivity contribution in [2.24, 2.45) is 0 Å². The standard InChI is InChI=1S/C22H9F37OSi/c23-5(24,7(27,28)9(31,32)11(35,36)13(39,40)15(43,44)17(47,48)19(51,52)21(55,56)57)6(25,26)8(29,30)10(33,34)12(37,38)14(41,42)16(45,46)18(49,50)20(53,54)22(58,59)61-4-2-1-3-60-61/h61H,1-4H2. The maximum atomic E-state index is 14.2. The normalized spacial score (nSPS) is 19.7. The lowest BCUT2D eigenvalue weighted by molar-refractivity contribution is -0.493. The molecule has 0 aromatic carbocycles. The first-order chi connectivity index (χ1) is 25.9. The third-order valence-corrected chi connectivity index (χ3v) is 11.0. The number of rotatable bonds is 17. The molecule has 0 aromatic rings. The Labute approximate surface area is 309 Å². The summed E-state index contributed by atoms with van der Waals surface area (Å²) in [7, 11) is -5.59. The zero-order valence-electron chi connectivity index (χ0n) is 26.8. The molecule has 0 amide bonds. The van der Waals surface area contributed by atoms with E-state index >= 15 is 0 Å². The molecule has 61 heavy (non-hydrogen) atoms. The fourth-order valence-electron chi connectivity index (χ4n) is 4.38. The van der Waals surface area contributed by atoms with Gasteiger partial charge in [0, 0.05) is 6.61 Å². The van der Waals surface area contributed by atoms with E-state index in [9.17, 15) is 162 Å². The summed E-state index contributed by atoms with van der Waals surface area (Å²) in [5, 5.41) is 0. The molecule has 1 atom stereocenters. The number of hydrogen-bond acceptors (Lipinski definition) is 1. The average molecular weight is 1020 g/mol. The molecule has 0 N–H and O–H groups in total. The molecular weight excluding hydrogens is 1010 g/mol. The van der Waals surface area contributed by atoms with E-state index in [4.69, 9.17) is 0 Å². The molecule has 0 bridgehead atoms. The molecule has 1 nitrogen and oxygen atoms in total. The average Bonchev–Trinajstić information content (AvgIpc) is 3.06. The molecule has 1 rings (SSSR count). The van der Waals surface area contributed by atoms with Crippen LogP contribution in [0.2, 0.25) is 6.04 Å². The van der Waals surface area contributed by atoms with E-state index < -0.39 is 141 Å². The van der Waals surface area contributed by atoms with Crippen LogP contribution in [0.1, 0.15) is 12.8 Å². The van der Waals surface area contributed by atoms with Gasteiger partial charge in [0.1, 0.15) is 0 Å². The largest absolute Gasteiger partial charge is 0.460 e. The van der Waals surface area contributed by atoms with Gasteiger partial charge in [-0.1, -0.05) is 6.42 Å². The third kappa shape index (κ3) is 6.57. The highest BCUT2D eigenvalue weighted by Gasteiger charge is 3.02. The van der Waals surface area contributed by atoms with Crippen molar-refractivity contribution in [2.45, 2.75) is 125 Å². The van der Waals surface area contributed by atoms with E-state index in [2.05, 4.69) is 4.43 Å². The summed E-state index contributed by atoms with van der Waals surface area (Å²) in [4.78, 5) is 0. The minimum atomic E-state index is -10.4. The maximum absolute atomic E-state index is 14.2. The van der Waals surface area contributed by atoms with Crippen molar-refractivity contribution in [1.29, 1.82) is 0 Å². The highest BCUT2D eigenvalue weighted by molar-refractivity contribution is 6.55. The molecule has 1 heterocycles. The van der Waals surface area contributed by atoms with E-state index in [0.717, 1.165) is 0 Å². The topological polar surface area (TPSA) is 9.23 Å². The van der Waals surface area contributed by atoms with Gasteiger partial charge in [-0.05, 0) is 12.5 Å². The Morgan fingerprint density at radius 3 is 0.574 bits per heavy atom. The highest BCUT2D eigenvalue weighted by Crippen LogP contribution is 2.70. The summed E-state index contributed by atoms with van der Waals surface area (Å²) in [5.41, 5.74) is -6.98. The molecule has 0 aromatic heterocycles. The summed E-state index contributed by atoms with van der Waals surface area (Å²) in [6, 6.07) is -1.56. The van der Waals surface area contributed by atoms with Crippen LogP contribution in [0, 0.1) is 0 Å². The minimum absolute atomic E-state index is 0.449. The summed E-state index contributed by atoms with van der Waals surface area (Å²) in [6.45, 7) is -1.17. The van der Waals surface area contributed by atoms with Gasteiger partial charge >= 0.3 is 106 Å². The highest BCUT2D eigenvalue weighted by atomic mass is 28.3. The van der Waals surface area contributed by atoms with Crippen molar-refractivity contribution in [1.82, 2.24) is 0 Å². The van der Waals surface area contributed by atoms with Crippen molar-refractivity contribution in [2.75, 3.05) is 6.61 Å². The maximum Gasteiger partial charge on any atom is 0.460 e. The van der Waals surface area contributed by atoms with E-state index in [1.165, 1.54) is 0 Å². The zero-order valence-corrected chi connectivity index (χ0v) is 28.0. The van der Waals surface area contributed by atoms with Crippen molar-refractivity contribution in [3.8, 4) is 0 Å². The smallest absolute Gasteiger partial charge is 0.413 e. The molecule has 1 saturated heterocycles. The second kappa shape index (κ2) is 14.3. The van der Waals surface area contributed by atoms with Gasteiger partial charge in [0.15, 0.2) is 0 Å². The monoisotopic (exact) mass is 1020 g/mol. The Balaban J connectivity index is 4.06. The van der Waals surface area contributed by atoms with Crippen LogP contribution in [0.4, 0.5) is 162 Å². The Morgan fingerprint density at radius 2 is 0.410 bits per heavy atom. The van der Waals surface area contributed by atoms with Crippen LogP contribution in [-0.4, -0.2) is 122 Å². The van der Waals surface area contributed by atoms with Gasteiger partial charge in [-0.3, -0.25) is 0 Å². The first-order valence-electron chi connectivity index (χ1n) is 14.0. The van der Waals surface area contributed by atoms with Crippen molar-refractivity contribution in [3.63, 3.8) is 0 Å². The van der Waals surface area contributed by atoms with Gasteiger partial charge < -0.3 is 4.43 Å². The van der Waals surface area contributed by atoms with Crippen molar-refractivity contribution in [3.05, 3.63) is 0 Å². The Kier molecular flexibility index (Phi) is 13.3. The van der Waals surface area contributed by atoms with Crippen LogP contribution < -0.4 is 0 Å². The molecule has 0 aliphatic carbocycles. The fraction of sp³-hybridized carbons (Fsp3) is 1.00. The molecule has 0 spiro atoms. The summed E-state index contributed by atoms with van der Waals surface area (Å²) in [6.07, 6.45) is -9.71. The van der Waals surface area contributed by atoms with Gasteiger partial charge in [-0.15, -0.1) is 0 Å². The quantitative estimate of drug-likeness (QED) is 0.104. The van der Waals surface area contributed by atoms with Gasteiger partial charge in [0.05, 0.1) is 0 Å². The van der Waals surface area contributed by atoms with Gasteiger partial charge in [-0.2, -0.15) is 154 Å². The molecule has 1 fully saturated rings. The van der Waals surface area contributed by atoms with E-state index in [1.54, 1.807) is 0 Å². The van der Waals surface area contributed by atoms with Gasteiger partial charge in [0.2, 0.25) is 0 Å². The first kappa shape index (κ1) is 56.6. The van der Waals surface area contributed by atoms with E-state index in [0.29, 0.717) is 0 Å². The second-order valence-corrected chi connectivity index (χ2v) is 14.8. The molecule has 366 valence electrons. The minimum Gasteiger partial charge on any atom is -0.413 e. The molecule has 0 saturated carbocycles. The second-order valence-electron chi connectivity index (χ2n) is 12.2. The SMILES string of the molecule is FC(F)(F)C(F)(F)C(F)(F)C(F)(F)C(F)(F)C(F)(F)C(F)(F)C(F)(F)C(F)(F)C(F)(F)C(F)(F)C(F)(F)C(F)(F)C(F)(F)C(F)(F)C(F)(F)C(F)(F)C(F)(F)[SiH]1CCCCO1. The number of alkyl halides is 37. The van der Waals surface area contributed by atoms with Crippen LogP contribution in [-0.2, 0) is 4.43 Å². The lowest BCUT2D eigenvalue weighted by Gasteiger charge is -2.47. The number of hydrogen-bond donors (Lipinski definition) is 0. The van der Waals surface area contributed by atoms with Crippen LogP contribution in [0.5, 0.6) is 0 Å². The zero-order chi connectivity index (χ0) is 50.1. The van der Waals surface area contributed by atoms with Gasteiger partial charge in [0.25, 0.3) is 9.04 Å². The lowest BCUT2D eigenvalue weighted by Crippen LogP contribution is -2.80. The van der Waals surface area contributed by atoms with E-state index in [1.807, 2.05) is 0 Å². The van der Waals surface area contributed by atoms with Crippen molar-refractivity contribution >= 4 is 9.04 Å². The van der Waals surface area contributed by atoms with Gasteiger partial charge in [-0.25, -0.2) is 8.78 Å². The van der Waals surface area contributed by atoms with Crippen LogP contribution in [0.3, 0.4) is 0 Å². The Morgan fingerprint density at radius 1 is 0.230 bits per heavy atom. The molecule has 39 heteroatoms. The van der Waals surface area contributed by atoms with E-state index in [-0.39, 0.29) is 0 Å². The predicted octanol–water partition coefficient (Wildman–Crippen LogP) is 12.4. The molecule has 1 aliphatic rings. The Bertz CT molecular complexity index is 1580.